The van der Waals surface area contributed by atoms with Crippen molar-refractivity contribution in [1.82, 2.24) is 0 Å². The Morgan fingerprint density at radius 2 is 1.74 bits per heavy atom. The van der Waals surface area contributed by atoms with Crippen molar-refractivity contribution < 1.29 is 31.5 Å². The molecule has 112 valence electrons. The van der Waals surface area contributed by atoms with Crippen molar-refractivity contribution in [3.8, 4) is 0 Å². The van der Waals surface area contributed by atoms with Crippen LogP contribution >= 0.6 is 0 Å². The van der Waals surface area contributed by atoms with Crippen LogP contribution < -0.4 is 0 Å². The lowest BCUT2D eigenvalue weighted by atomic mass is 10.1. The number of esters is 1. The summed E-state index contributed by atoms with van der Waals surface area (Å²) in [5.41, 5.74) is 0. The molecular weight excluding hydrogens is 271 g/mol. The van der Waals surface area contributed by atoms with Gasteiger partial charge in [-0.2, -0.15) is 22.0 Å². The van der Waals surface area contributed by atoms with Gasteiger partial charge in [-0.1, -0.05) is 12.5 Å². The van der Waals surface area contributed by atoms with Gasteiger partial charge in [-0.25, -0.2) is 4.79 Å². The van der Waals surface area contributed by atoms with Crippen LogP contribution in [0.1, 0.15) is 39.0 Å². The molecule has 0 aliphatic heterocycles. The molecule has 0 aliphatic rings. The standard InChI is InChI=1S/C12H17F5O2/c1-2-19-10(18)8-6-4-3-5-7-9-11(13,14)12(15,16)17/h6,8H,2-5,7,9H2,1H3. The number of rotatable bonds is 8. The van der Waals surface area contributed by atoms with Gasteiger partial charge < -0.3 is 4.74 Å². The van der Waals surface area contributed by atoms with Crippen molar-refractivity contribution in [1.29, 1.82) is 0 Å². The Morgan fingerprint density at radius 3 is 2.26 bits per heavy atom. The maximum atomic E-state index is 12.5. The van der Waals surface area contributed by atoms with Gasteiger partial charge in [0, 0.05) is 12.5 Å². The summed E-state index contributed by atoms with van der Waals surface area (Å²) in [6.45, 7) is 1.92. The maximum absolute atomic E-state index is 12.5. The SMILES string of the molecule is CCOC(=O)C=CCCCCCC(F)(F)C(F)(F)F. The van der Waals surface area contributed by atoms with E-state index in [2.05, 4.69) is 4.74 Å². The molecule has 0 aliphatic carbocycles. The molecule has 0 unspecified atom stereocenters. The number of unbranched alkanes of at least 4 members (excludes halogenated alkanes) is 3. The van der Waals surface area contributed by atoms with Gasteiger partial charge in [-0.05, 0) is 26.2 Å². The van der Waals surface area contributed by atoms with Crippen molar-refractivity contribution in [2.45, 2.75) is 51.1 Å². The van der Waals surface area contributed by atoms with E-state index in [1.54, 1.807) is 6.92 Å². The van der Waals surface area contributed by atoms with Crippen LogP contribution in [0.25, 0.3) is 0 Å². The minimum absolute atomic E-state index is 0.209. The Labute approximate surface area is 108 Å². The average Bonchev–Trinajstić information content (AvgIpc) is 2.26. The third kappa shape index (κ3) is 7.79. The van der Waals surface area contributed by atoms with E-state index in [4.69, 9.17) is 0 Å². The van der Waals surface area contributed by atoms with E-state index in [9.17, 15) is 26.7 Å². The third-order valence-corrected chi connectivity index (χ3v) is 2.32. The van der Waals surface area contributed by atoms with Crippen molar-refractivity contribution in [2.24, 2.45) is 0 Å². The molecule has 0 saturated heterocycles. The summed E-state index contributed by atoms with van der Waals surface area (Å²) in [6, 6.07) is 0. The molecule has 7 heteroatoms. The van der Waals surface area contributed by atoms with Crippen LogP contribution in [0.5, 0.6) is 0 Å². The van der Waals surface area contributed by atoms with Crippen LogP contribution in [0.3, 0.4) is 0 Å². The minimum atomic E-state index is -5.48. The van der Waals surface area contributed by atoms with E-state index in [1.807, 2.05) is 0 Å². The topological polar surface area (TPSA) is 26.3 Å². The lowest BCUT2D eigenvalue weighted by Gasteiger charge is -2.19. The zero-order valence-electron chi connectivity index (χ0n) is 10.6. The number of halogens is 5. The molecule has 0 rings (SSSR count). The fraction of sp³-hybridized carbons (Fsp3) is 0.750. The van der Waals surface area contributed by atoms with Crippen LogP contribution in [0.15, 0.2) is 12.2 Å². The molecule has 0 fully saturated rings. The van der Waals surface area contributed by atoms with Gasteiger partial charge in [0.05, 0.1) is 6.61 Å². The highest BCUT2D eigenvalue weighted by Crippen LogP contribution is 2.39. The summed E-state index contributed by atoms with van der Waals surface area (Å²) in [7, 11) is 0. The summed E-state index contributed by atoms with van der Waals surface area (Å²) in [5.74, 6) is -5.11. The zero-order chi connectivity index (χ0) is 14.9. The van der Waals surface area contributed by atoms with Gasteiger partial charge in [-0.15, -0.1) is 0 Å². The Hall–Kier alpha value is -1.14. The highest BCUT2D eigenvalue weighted by atomic mass is 19.4. The van der Waals surface area contributed by atoms with Crippen LogP contribution in [-0.4, -0.2) is 24.7 Å². The predicted octanol–water partition coefficient (Wildman–Crippen LogP) is 4.25. The number of carbonyl (C=O) groups is 1. The maximum Gasteiger partial charge on any atom is 0.453 e. The molecule has 0 amide bonds. The van der Waals surface area contributed by atoms with Gasteiger partial charge in [0.2, 0.25) is 0 Å². The number of hydrogen-bond acceptors (Lipinski definition) is 2. The quantitative estimate of drug-likeness (QED) is 0.289. The number of carbonyl (C=O) groups excluding carboxylic acids is 1. The summed E-state index contributed by atoms with van der Waals surface area (Å²) >= 11 is 0. The molecular formula is C12H17F5O2. The molecule has 0 bridgehead atoms. The minimum Gasteiger partial charge on any atom is -0.463 e. The summed E-state index contributed by atoms with van der Waals surface area (Å²) < 4.78 is 65.0. The van der Waals surface area contributed by atoms with Crippen molar-refractivity contribution in [3.05, 3.63) is 12.2 Å². The first-order valence-corrected chi connectivity index (χ1v) is 5.98. The van der Waals surface area contributed by atoms with Crippen LogP contribution in [0.2, 0.25) is 0 Å². The zero-order valence-corrected chi connectivity index (χ0v) is 10.6. The second kappa shape index (κ2) is 8.12. The van der Waals surface area contributed by atoms with E-state index in [0.29, 0.717) is 12.8 Å². The molecule has 0 heterocycles. The predicted molar refractivity (Wildman–Crippen MR) is 59.9 cm³/mol. The third-order valence-electron chi connectivity index (χ3n) is 2.32. The lowest BCUT2D eigenvalue weighted by molar-refractivity contribution is -0.284. The fourth-order valence-electron chi connectivity index (χ4n) is 1.30. The second-order valence-corrected chi connectivity index (χ2v) is 3.96. The smallest absolute Gasteiger partial charge is 0.453 e. The van der Waals surface area contributed by atoms with Crippen LogP contribution in [0, 0.1) is 0 Å². The number of ether oxygens (including phenoxy) is 1. The van der Waals surface area contributed by atoms with Gasteiger partial charge in [-0.3, -0.25) is 0 Å². The van der Waals surface area contributed by atoms with E-state index < -0.39 is 24.5 Å². The molecule has 0 atom stereocenters. The molecule has 19 heavy (non-hydrogen) atoms. The molecule has 0 spiro atoms. The molecule has 0 saturated carbocycles. The highest BCUT2D eigenvalue weighted by Gasteiger charge is 2.56. The second-order valence-electron chi connectivity index (χ2n) is 3.96. The summed E-state index contributed by atoms with van der Waals surface area (Å²) in [5, 5.41) is 0. The van der Waals surface area contributed by atoms with E-state index >= 15 is 0 Å². The highest BCUT2D eigenvalue weighted by molar-refractivity contribution is 5.81. The first-order chi connectivity index (χ1) is 8.70. The van der Waals surface area contributed by atoms with E-state index in [1.165, 1.54) is 12.2 Å². The molecule has 0 aromatic heterocycles. The first kappa shape index (κ1) is 17.9. The van der Waals surface area contributed by atoms with Crippen molar-refractivity contribution >= 4 is 5.97 Å². The van der Waals surface area contributed by atoms with Crippen molar-refractivity contribution in [3.63, 3.8) is 0 Å². The van der Waals surface area contributed by atoms with Crippen LogP contribution in [-0.2, 0) is 9.53 Å². The van der Waals surface area contributed by atoms with Crippen LogP contribution in [0.4, 0.5) is 22.0 Å². The van der Waals surface area contributed by atoms with Gasteiger partial charge in [0.25, 0.3) is 0 Å². The number of allylic oxidation sites excluding steroid dienone is 1. The molecule has 2 nitrogen and oxygen atoms in total. The Kier molecular flexibility index (Phi) is 7.63. The normalized spacial score (nSPS) is 12.9. The molecule has 0 radical (unpaired) electrons. The molecule has 0 aromatic carbocycles. The fourth-order valence-corrected chi connectivity index (χ4v) is 1.30. The monoisotopic (exact) mass is 288 g/mol. The van der Waals surface area contributed by atoms with Gasteiger partial charge in [0.1, 0.15) is 0 Å². The number of alkyl halides is 5. The Balaban J connectivity index is 3.69. The van der Waals surface area contributed by atoms with Gasteiger partial charge >= 0.3 is 18.1 Å². The number of hydrogen-bond donors (Lipinski definition) is 0. The largest absolute Gasteiger partial charge is 0.463 e. The molecule has 0 N–H and O–H groups in total. The Morgan fingerprint density at radius 1 is 1.11 bits per heavy atom. The molecule has 0 aromatic rings. The average molecular weight is 288 g/mol. The van der Waals surface area contributed by atoms with E-state index in [0.717, 1.165) is 0 Å². The lowest BCUT2D eigenvalue weighted by Crippen LogP contribution is -2.36. The summed E-state index contributed by atoms with van der Waals surface area (Å²) in [4.78, 5) is 10.8. The first-order valence-electron chi connectivity index (χ1n) is 5.98. The van der Waals surface area contributed by atoms with E-state index in [-0.39, 0.29) is 19.4 Å². The Bertz CT molecular complexity index is 297. The van der Waals surface area contributed by atoms with Gasteiger partial charge in [0.15, 0.2) is 0 Å². The summed E-state index contributed by atoms with van der Waals surface area (Å²) in [6.07, 6.45) is -3.01. The van der Waals surface area contributed by atoms with Crippen molar-refractivity contribution in [2.75, 3.05) is 6.61 Å².